The van der Waals surface area contributed by atoms with Crippen LogP contribution in [0.4, 0.5) is 0 Å². The van der Waals surface area contributed by atoms with Crippen LogP contribution in [0.3, 0.4) is 0 Å². The van der Waals surface area contributed by atoms with E-state index < -0.39 is 0 Å². The quantitative estimate of drug-likeness (QED) is 0.333. The van der Waals surface area contributed by atoms with Crippen molar-refractivity contribution in [3.05, 3.63) is 24.8 Å². The summed E-state index contributed by atoms with van der Waals surface area (Å²) in [5.41, 5.74) is 0.651. The fourth-order valence-electron chi connectivity index (χ4n) is 1.06. The van der Waals surface area contributed by atoms with Crippen molar-refractivity contribution >= 4 is 5.78 Å². The zero-order valence-electron chi connectivity index (χ0n) is 9.35. The topological polar surface area (TPSA) is 17.1 Å². The van der Waals surface area contributed by atoms with Crippen molar-refractivity contribution in [2.24, 2.45) is 0 Å². The SMILES string of the molecule is C=CC[N+](C)(C)CCC(=O)C(=C)C.[Br-]. The highest BCUT2D eigenvalue weighted by molar-refractivity contribution is 5.94. The zero-order chi connectivity index (χ0) is 10.5. The lowest BCUT2D eigenvalue weighted by molar-refractivity contribution is -0.883. The number of Topliss-reactive ketones (excluding diaryl/α,β-unsaturated/α-hetero) is 1. The molecule has 14 heavy (non-hydrogen) atoms. The van der Waals surface area contributed by atoms with Crippen LogP contribution in [0.1, 0.15) is 13.3 Å². The minimum Gasteiger partial charge on any atom is -1.00 e. The van der Waals surface area contributed by atoms with Crippen LogP contribution in [0.25, 0.3) is 0 Å². The molecule has 0 saturated heterocycles. The second-order valence-corrected chi connectivity index (χ2v) is 4.08. The molecule has 0 amide bonds. The summed E-state index contributed by atoms with van der Waals surface area (Å²) in [6.07, 6.45) is 2.46. The van der Waals surface area contributed by atoms with Gasteiger partial charge in [-0.1, -0.05) is 13.2 Å². The molecule has 0 aromatic carbocycles. The second-order valence-electron chi connectivity index (χ2n) is 4.08. The van der Waals surface area contributed by atoms with Gasteiger partial charge in [-0.2, -0.15) is 0 Å². The molecule has 0 saturated carbocycles. The van der Waals surface area contributed by atoms with Crippen molar-refractivity contribution in [2.45, 2.75) is 13.3 Å². The molecule has 2 nitrogen and oxygen atoms in total. The monoisotopic (exact) mass is 261 g/mol. The molecular formula is C11H20BrNO. The smallest absolute Gasteiger partial charge is 0.163 e. The van der Waals surface area contributed by atoms with Crippen molar-refractivity contribution in [1.29, 1.82) is 0 Å². The first kappa shape index (κ1) is 16.0. The molecular weight excluding hydrogens is 242 g/mol. The molecule has 0 heterocycles. The molecule has 3 heteroatoms. The minimum absolute atomic E-state index is 0. The fraction of sp³-hybridized carbons (Fsp3) is 0.545. The van der Waals surface area contributed by atoms with Gasteiger partial charge in [0.25, 0.3) is 0 Å². The summed E-state index contributed by atoms with van der Waals surface area (Å²) < 4.78 is 0.808. The summed E-state index contributed by atoms with van der Waals surface area (Å²) in [4.78, 5) is 11.3. The van der Waals surface area contributed by atoms with Gasteiger partial charge in [0.1, 0.15) is 0 Å². The number of rotatable bonds is 6. The van der Waals surface area contributed by atoms with E-state index in [0.29, 0.717) is 12.0 Å². The largest absolute Gasteiger partial charge is 1.00 e. The first-order chi connectivity index (χ1) is 5.89. The van der Waals surface area contributed by atoms with Crippen molar-refractivity contribution in [3.63, 3.8) is 0 Å². The maximum atomic E-state index is 11.3. The van der Waals surface area contributed by atoms with Gasteiger partial charge in [0.05, 0.1) is 33.6 Å². The van der Waals surface area contributed by atoms with E-state index in [1.54, 1.807) is 6.92 Å². The molecule has 0 N–H and O–H groups in total. The summed E-state index contributed by atoms with van der Waals surface area (Å²) in [6.45, 7) is 10.8. The van der Waals surface area contributed by atoms with E-state index in [1.165, 1.54) is 0 Å². The van der Waals surface area contributed by atoms with E-state index in [9.17, 15) is 4.79 Å². The summed E-state index contributed by atoms with van der Waals surface area (Å²) in [6, 6.07) is 0. The summed E-state index contributed by atoms with van der Waals surface area (Å²) >= 11 is 0. The van der Waals surface area contributed by atoms with Gasteiger partial charge in [0.2, 0.25) is 0 Å². The van der Waals surface area contributed by atoms with Crippen LogP contribution in [0.5, 0.6) is 0 Å². The lowest BCUT2D eigenvalue weighted by Gasteiger charge is -2.27. The van der Waals surface area contributed by atoms with E-state index in [-0.39, 0.29) is 22.8 Å². The van der Waals surface area contributed by atoms with Crippen molar-refractivity contribution < 1.29 is 26.3 Å². The highest BCUT2D eigenvalue weighted by atomic mass is 79.9. The Labute approximate surface area is 97.7 Å². The highest BCUT2D eigenvalue weighted by Gasteiger charge is 2.14. The Kier molecular flexibility index (Phi) is 7.97. The molecule has 82 valence electrons. The third-order valence-corrected chi connectivity index (χ3v) is 2.04. The van der Waals surface area contributed by atoms with Crippen LogP contribution >= 0.6 is 0 Å². The average molecular weight is 262 g/mol. The molecule has 0 rings (SSSR count). The molecule has 0 unspecified atom stereocenters. The normalized spacial score (nSPS) is 10.2. The number of allylic oxidation sites excluding steroid dienone is 1. The molecule has 0 fully saturated rings. The second kappa shape index (κ2) is 6.96. The Morgan fingerprint density at radius 1 is 1.43 bits per heavy atom. The van der Waals surface area contributed by atoms with Gasteiger partial charge in [-0.25, -0.2) is 0 Å². The maximum Gasteiger partial charge on any atom is 0.163 e. The number of nitrogens with zero attached hydrogens (tertiary/aromatic N) is 1. The fourth-order valence-corrected chi connectivity index (χ4v) is 1.06. The first-order valence-corrected chi connectivity index (χ1v) is 4.50. The molecule has 0 aliphatic rings. The number of quaternary nitrogens is 1. The lowest BCUT2D eigenvalue weighted by atomic mass is 10.1. The molecule has 0 aromatic rings. The number of hydrogen-bond acceptors (Lipinski definition) is 1. The number of halogens is 1. The van der Waals surface area contributed by atoms with E-state index in [0.717, 1.165) is 17.6 Å². The van der Waals surface area contributed by atoms with Crippen LogP contribution < -0.4 is 17.0 Å². The van der Waals surface area contributed by atoms with Gasteiger partial charge in [-0.05, 0) is 18.6 Å². The molecule has 0 aromatic heterocycles. The van der Waals surface area contributed by atoms with Crippen LogP contribution in [0.15, 0.2) is 24.8 Å². The molecule has 0 spiro atoms. The number of ketones is 1. The highest BCUT2D eigenvalue weighted by Crippen LogP contribution is 2.03. The molecule has 0 atom stereocenters. The predicted octanol–water partition coefficient (Wildman–Crippen LogP) is -1.21. The zero-order valence-corrected chi connectivity index (χ0v) is 10.9. The van der Waals surface area contributed by atoms with Gasteiger partial charge < -0.3 is 21.5 Å². The van der Waals surface area contributed by atoms with Crippen molar-refractivity contribution in [3.8, 4) is 0 Å². The summed E-state index contributed by atoms with van der Waals surface area (Å²) in [5, 5.41) is 0. The Morgan fingerprint density at radius 2 is 1.93 bits per heavy atom. The summed E-state index contributed by atoms with van der Waals surface area (Å²) in [7, 11) is 4.18. The molecule has 0 radical (unpaired) electrons. The molecule has 0 bridgehead atoms. The first-order valence-electron chi connectivity index (χ1n) is 4.50. The van der Waals surface area contributed by atoms with E-state index >= 15 is 0 Å². The number of hydrogen-bond donors (Lipinski definition) is 0. The minimum atomic E-state index is 0. The number of carbonyl (C=O) groups excluding carboxylic acids is 1. The van der Waals surface area contributed by atoms with Crippen LogP contribution in [0.2, 0.25) is 0 Å². The van der Waals surface area contributed by atoms with Crippen molar-refractivity contribution in [2.75, 3.05) is 27.2 Å². The Morgan fingerprint density at radius 3 is 2.29 bits per heavy atom. The Balaban J connectivity index is 0. The van der Waals surface area contributed by atoms with E-state index in [4.69, 9.17) is 0 Å². The van der Waals surface area contributed by atoms with Gasteiger partial charge in [0, 0.05) is 0 Å². The third kappa shape index (κ3) is 7.04. The molecule has 0 aliphatic heterocycles. The Bertz CT molecular complexity index is 221. The number of carbonyl (C=O) groups is 1. The predicted molar refractivity (Wildman–Crippen MR) is 56.5 cm³/mol. The standard InChI is InChI=1S/C11H20NO.BrH/c1-6-8-12(4,5)9-7-11(13)10(2)3;/h6H,1-2,7-9H2,3-5H3;1H/q+1;/p-1. The number of likely N-dealkylation sites (N-methyl/N-ethyl adjacent to an activating group) is 1. The van der Waals surface area contributed by atoms with Crippen LogP contribution in [-0.2, 0) is 4.79 Å². The van der Waals surface area contributed by atoms with Gasteiger partial charge >= 0.3 is 0 Å². The third-order valence-electron chi connectivity index (χ3n) is 2.04. The molecule has 0 aliphatic carbocycles. The van der Waals surface area contributed by atoms with Crippen LogP contribution in [0, 0.1) is 0 Å². The lowest BCUT2D eigenvalue weighted by Crippen LogP contribution is -3.00. The van der Waals surface area contributed by atoms with Gasteiger partial charge in [-0.3, -0.25) is 4.79 Å². The van der Waals surface area contributed by atoms with Crippen LogP contribution in [-0.4, -0.2) is 37.5 Å². The van der Waals surface area contributed by atoms with E-state index in [2.05, 4.69) is 27.3 Å². The summed E-state index contributed by atoms with van der Waals surface area (Å²) in [5.74, 6) is 0.162. The van der Waals surface area contributed by atoms with Gasteiger partial charge in [-0.15, -0.1) is 0 Å². The van der Waals surface area contributed by atoms with Gasteiger partial charge in [0.15, 0.2) is 5.78 Å². The maximum absolute atomic E-state index is 11.3. The van der Waals surface area contributed by atoms with E-state index in [1.807, 2.05) is 6.08 Å². The average Bonchev–Trinajstić information content (AvgIpc) is 2.00. The Hall–Kier alpha value is -0.410. The van der Waals surface area contributed by atoms with Crippen molar-refractivity contribution in [1.82, 2.24) is 0 Å².